The number of nitrogens with one attached hydrogen (secondary N) is 1. The quantitative estimate of drug-likeness (QED) is 0.841. The van der Waals surface area contributed by atoms with Gasteiger partial charge in [-0.15, -0.1) is 0 Å². The molecule has 1 heterocycles. The molecular formula is C13H19NO2. The Kier molecular flexibility index (Phi) is 3.80. The van der Waals surface area contributed by atoms with Crippen LogP contribution < -0.4 is 10.1 Å². The van der Waals surface area contributed by atoms with Crippen LogP contribution in [0.25, 0.3) is 0 Å². The lowest BCUT2D eigenvalue weighted by molar-refractivity contribution is 0.00880. The third-order valence-corrected chi connectivity index (χ3v) is 2.87. The molecule has 1 aromatic carbocycles. The fourth-order valence-corrected chi connectivity index (χ4v) is 1.92. The van der Waals surface area contributed by atoms with E-state index in [1.807, 2.05) is 12.1 Å². The van der Waals surface area contributed by atoms with Gasteiger partial charge in [-0.2, -0.15) is 0 Å². The molecule has 1 fully saturated rings. The summed E-state index contributed by atoms with van der Waals surface area (Å²) in [6.07, 6.45) is 1.22. The molecule has 1 aliphatic rings. The lowest BCUT2D eigenvalue weighted by atomic mass is 10.1. The summed E-state index contributed by atoms with van der Waals surface area (Å²) in [6.45, 7) is 3.87. The van der Waals surface area contributed by atoms with Crippen LogP contribution in [0, 0.1) is 0 Å². The highest BCUT2D eigenvalue weighted by molar-refractivity contribution is 5.28. The fourth-order valence-electron chi connectivity index (χ4n) is 1.92. The molecule has 1 saturated heterocycles. The van der Waals surface area contributed by atoms with Crippen LogP contribution in [0.4, 0.5) is 0 Å². The van der Waals surface area contributed by atoms with Crippen LogP contribution >= 0.6 is 0 Å². The highest BCUT2D eigenvalue weighted by Gasteiger charge is 2.18. The zero-order valence-corrected chi connectivity index (χ0v) is 9.90. The van der Waals surface area contributed by atoms with E-state index in [1.165, 1.54) is 5.56 Å². The summed E-state index contributed by atoms with van der Waals surface area (Å²) in [5.41, 5.74) is 1.26. The second-order valence-electron chi connectivity index (χ2n) is 4.32. The van der Waals surface area contributed by atoms with Crippen molar-refractivity contribution in [2.24, 2.45) is 0 Å². The van der Waals surface area contributed by atoms with Crippen LogP contribution in [-0.2, 0) is 11.2 Å². The van der Waals surface area contributed by atoms with Crippen LogP contribution in [-0.4, -0.2) is 32.4 Å². The standard InChI is InChI=1S/C13H19NO2/c1-10-9-16-13(8-14-10)7-11-4-3-5-12(6-11)15-2/h3-6,10,13-14H,7-9H2,1-2H3. The van der Waals surface area contributed by atoms with E-state index in [1.54, 1.807) is 7.11 Å². The van der Waals surface area contributed by atoms with Gasteiger partial charge in [-0.1, -0.05) is 12.1 Å². The van der Waals surface area contributed by atoms with E-state index in [0.29, 0.717) is 6.04 Å². The second kappa shape index (κ2) is 5.32. The topological polar surface area (TPSA) is 30.5 Å². The van der Waals surface area contributed by atoms with E-state index in [4.69, 9.17) is 9.47 Å². The Bertz CT molecular complexity index is 332. The predicted octanol–water partition coefficient (Wildman–Crippen LogP) is 1.61. The predicted molar refractivity (Wildman–Crippen MR) is 63.9 cm³/mol. The van der Waals surface area contributed by atoms with Gasteiger partial charge in [0, 0.05) is 19.0 Å². The Morgan fingerprint density at radius 3 is 3.06 bits per heavy atom. The maximum atomic E-state index is 5.76. The first-order chi connectivity index (χ1) is 7.78. The smallest absolute Gasteiger partial charge is 0.119 e. The first-order valence-corrected chi connectivity index (χ1v) is 5.76. The average molecular weight is 221 g/mol. The molecule has 88 valence electrons. The minimum Gasteiger partial charge on any atom is -0.497 e. The van der Waals surface area contributed by atoms with Crippen molar-refractivity contribution in [2.75, 3.05) is 20.3 Å². The lowest BCUT2D eigenvalue weighted by Gasteiger charge is -2.28. The first kappa shape index (κ1) is 11.4. The van der Waals surface area contributed by atoms with E-state index in [0.717, 1.165) is 25.3 Å². The van der Waals surface area contributed by atoms with Gasteiger partial charge >= 0.3 is 0 Å². The summed E-state index contributed by atoms with van der Waals surface area (Å²) < 4.78 is 11.0. The Hall–Kier alpha value is -1.06. The van der Waals surface area contributed by atoms with Gasteiger partial charge < -0.3 is 14.8 Å². The van der Waals surface area contributed by atoms with E-state index in [-0.39, 0.29) is 6.10 Å². The monoisotopic (exact) mass is 221 g/mol. The molecule has 2 rings (SSSR count). The molecule has 0 spiro atoms. The summed E-state index contributed by atoms with van der Waals surface area (Å²) in [5, 5.41) is 3.42. The summed E-state index contributed by atoms with van der Waals surface area (Å²) in [5.74, 6) is 0.912. The van der Waals surface area contributed by atoms with Gasteiger partial charge in [0.15, 0.2) is 0 Å². The van der Waals surface area contributed by atoms with Gasteiger partial charge in [0.25, 0.3) is 0 Å². The highest BCUT2D eigenvalue weighted by atomic mass is 16.5. The molecule has 0 aromatic heterocycles. The minimum absolute atomic E-state index is 0.281. The van der Waals surface area contributed by atoms with Gasteiger partial charge in [0.05, 0.1) is 19.8 Å². The largest absolute Gasteiger partial charge is 0.497 e. The van der Waals surface area contributed by atoms with Crippen LogP contribution in [0.5, 0.6) is 5.75 Å². The van der Waals surface area contributed by atoms with Gasteiger partial charge in [-0.05, 0) is 24.6 Å². The SMILES string of the molecule is COc1cccc(CC2CNC(C)CO2)c1. The van der Waals surface area contributed by atoms with Crippen molar-refractivity contribution in [2.45, 2.75) is 25.5 Å². The van der Waals surface area contributed by atoms with E-state index in [2.05, 4.69) is 24.4 Å². The third kappa shape index (κ3) is 2.97. The van der Waals surface area contributed by atoms with E-state index < -0.39 is 0 Å². The van der Waals surface area contributed by atoms with Crippen molar-refractivity contribution >= 4 is 0 Å². The molecule has 2 unspecified atom stereocenters. The Morgan fingerprint density at radius 1 is 1.50 bits per heavy atom. The van der Waals surface area contributed by atoms with Gasteiger partial charge in [0.2, 0.25) is 0 Å². The Morgan fingerprint density at radius 2 is 2.38 bits per heavy atom. The molecular weight excluding hydrogens is 202 g/mol. The second-order valence-corrected chi connectivity index (χ2v) is 4.32. The summed E-state index contributed by atoms with van der Waals surface area (Å²) >= 11 is 0. The van der Waals surface area contributed by atoms with Crippen LogP contribution in [0.3, 0.4) is 0 Å². The molecule has 0 saturated carbocycles. The maximum absolute atomic E-state index is 5.76. The number of methoxy groups -OCH3 is 1. The molecule has 2 atom stereocenters. The molecule has 0 bridgehead atoms. The maximum Gasteiger partial charge on any atom is 0.119 e. The Balaban J connectivity index is 1.93. The van der Waals surface area contributed by atoms with Crippen molar-refractivity contribution < 1.29 is 9.47 Å². The van der Waals surface area contributed by atoms with Crippen LogP contribution in [0.2, 0.25) is 0 Å². The lowest BCUT2D eigenvalue weighted by Crippen LogP contribution is -2.45. The van der Waals surface area contributed by atoms with Crippen LogP contribution in [0.15, 0.2) is 24.3 Å². The average Bonchev–Trinajstić information content (AvgIpc) is 2.32. The normalized spacial score (nSPS) is 25.4. The number of morpholine rings is 1. The molecule has 1 aliphatic heterocycles. The molecule has 1 aromatic rings. The first-order valence-electron chi connectivity index (χ1n) is 5.76. The molecule has 0 amide bonds. The Labute approximate surface area is 96.8 Å². The molecule has 0 radical (unpaired) electrons. The zero-order valence-electron chi connectivity index (χ0n) is 9.90. The van der Waals surface area contributed by atoms with Crippen molar-refractivity contribution in [1.29, 1.82) is 0 Å². The number of ether oxygens (including phenoxy) is 2. The molecule has 1 N–H and O–H groups in total. The van der Waals surface area contributed by atoms with Gasteiger partial charge in [-0.25, -0.2) is 0 Å². The fraction of sp³-hybridized carbons (Fsp3) is 0.538. The third-order valence-electron chi connectivity index (χ3n) is 2.87. The molecule has 3 nitrogen and oxygen atoms in total. The van der Waals surface area contributed by atoms with Crippen LogP contribution in [0.1, 0.15) is 12.5 Å². The molecule has 3 heteroatoms. The van der Waals surface area contributed by atoms with Crippen molar-refractivity contribution in [3.63, 3.8) is 0 Å². The minimum atomic E-state index is 0.281. The highest BCUT2D eigenvalue weighted by Crippen LogP contribution is 2.15. The summed E-state index contributed by atoms with van der Waals surface area (Å²) in [4.78, 5) is 0. The van der Waals surface area contributed by atoms with Gasteiger partial charge in [0.1, 0.15) is 5.75 Å². The van der Waals surface area contributed by atoms with Gasteiger partial charge in [-0.3, -0.25) is 0 Å². The summed E-state index contributed by atoms with van der Waals surface area (Å²) in [7, 11) is 1.69. The summed E-state index contributed by atoms with van der Waals surface area (Å²) in [6, 6.07) is 8.64. The van der Waals surface area contributed by atoms with Crippen molar-refractivity contribution in [1.82, 2.24) is 5.32 Å². The number of benzene rings is 1. The van der Waals surface area contributed by atoms with E-state index >= 15 is 0 Å². The number of hydrogen-bond donors (Lipinski definition) is 1. The van der Waals surface area contributed by atoms with E-state index in [9.17, 15) is 0 Å². The molecule has 0 aliphatic carbocycles. The zero-order chi connectivity index (χ0) is 11.4. The molecule has 16 heavy (non-hydrogen) atoms. The van der Waals surface area contributed by atoms with Crippen molar-refractivity contribution in [3.05, 3.63) is 29.8 Å². The van der Waals surface area contributed by atoms with Crippen molar-refractivity contribution in [3.8, 4) is 5.75 Å². The number of hydrogen-bond acceptors (Lipinski definition) is 3. The number of rotatable bonds is 3.